The molecule has 0 aliphatic heterocycles. The maximum atomic E-state index is 11.5. The van der Waals surface area contributed by atoms with E-state index in [1.165, 1.54) is 6.07 Å². The maximum absolute atomic E-state index is 11.5. The molecule has 0 amide bonds. The van der Waals surface area contributed by atoms with Crippen molar-refractivity contribution in [2.24, 2.45) is 12.2 Å². The quantitative estimate of drug-likeness (QED) is 0.658. The second kappa shape index (κ2) is 4.86. The molecule has 8 nitrogen and oxygen atoms in total. The first kappa shape index (κ1) is 13.3. The molecule has 0 fully saturated rings. The highest BCUT2D eigenvalue weighted by Crippen LogP contribution is 2.23. The van der Waals surface area contributed by atoms with Crippen LogP contribution in [0, 0.1) is 0 Å². The Morgan fingerprint density at radius 1 is 1.42 bits per heavy atom. The van der Waals surface area contributed by atoms with Crippen LogP contribution in [0.2, 0.25) is 0 Å². The number of aryl methyl sites for hydroxylation is 1. The Hall–Kier alpha value is -2.13. The number of sulfonamides is 1. The molecule has 0 radical (unpaired) electrons. The molecule has 2 rings (SSSR count). The molecule has 1 aromatic carbocycles. The fraction of sp³-hybridized carbons (Fsp3) is 0.200. The summed E-state index contributed by atoms with van der Waals surface area (Å²) in [5, 5.41) is 12.1. The molecule has 0 bridgehead atoms. The number of anilines is 2. The number of rotatable bonds is 4. The fourth-order valence-electron chi connectivity index (χ4n) is 1.56. The summed E-state index contributed by atoms with van der Waals surface area (Å²) in [6.07, 6.45) is 1.56. The summed E-state index contributed by atoms with van der Waals surface area (Å²) in [4.78, 5) is 3.97. The highest BCUT2D eigenvalue weighted by atomic mass is 32.2. The molecule has 102 valence electrons. The van der Waals surface area contributed by atoms with Crippen LogP contribution in [0.15, 0.2) is 29.4 Å². The van der Waals surface area contributed by atoms with Crippen LogP contribution in [-0.4, -0.2) is 23.2 Å². The van der Waals surface area contributed by atoms with E-state index in [9.17, 15) is 8.42 Å². The van der Waals surface area contributed by atoms with Gasteiger partial charge in [0.25, 0.3) is 0 Å². The van der Waals surface area contributed by atoms with Crippen molar-refractivity contribution in [2.75, 3.05) is 11.1 Å². The Morgan fingerprint density at radius 2 is 2.16 bits per heavy atom. The smallest absolute Gasteiger partial charge is 0.240 e. The van der Waals surface area contributed by atoms with Crippen molar-refractivity contribution in [3.8, 4) is 0 Å². The number of aromatic nitrogens is 3. The predicted molar refractivity (Wildman–Crippen MR) is 70.6 cm³/mol. The van der Waals surface area contributed by atoms with Crippen molar-refractivity contribution in [1.29, 1.82) is 0 Å². The summed E-state index contributed by atoms with van der Waals surface area (Å²) in [5.41, 5.74) is 6.25. The van der Waals surface area contributed by atoms with Gasteiger partial charge in [0.1, 0.15) is 11.2 Å². The van der Waals surface area contributed by atoms with Gasteiger partial charge in [0.05, 0.1) is 12.2 Å². The van der Waals surface area contributed by atoms with Crippen molar-refractivity contribution in [3.63, 3.8) is 0 Å². The van der Waals surface area contributed by atoms with Gasteiger partial charge in [-0.15, -0.1) is 0 Å². The summed E-state index contributed by atoms with van der Waals surface area (Å²) in [5.74, 6) is 0.541. The lowest BCUT2D eigenvalue weighted by Gasteiger charge is -2.10. The van der Waals surface area contributed by atoms with Crippen molar-refractivity contribution >= 4 is 21.4 Å². The van der Waals surface area contributed by atoms with Crippen molar-refractivity contribution in [1.82, 2.24) is 14.8 Å². The number of nitrogen functional groups attached to an aromatic ring is 1. The Bertz CT molecular complexity index is 694. The molecule has 0 saturated carbocycles. The molecule has 1 heterocycles. The molecule has 2 aromatic rings. The molecule has 1 aromatic heterocycles. The maximum Gasteiger partial charge on any atom is 0.240 e. The third kappa shape index (κ3) is 3.20. The van der Waals surface area contributed by atoms with Crippen molar-refractivity contribution in [2.45, 2.75) is 11.4 Å². The molecule has 0 atom stereocenters. The van der Waals surface area contributed by atoms with Crippen LogP contribution in [0.5, 0.6) is 0 Å². The van der Waals surface area contributed by atoms with Gasteiger partial charge in [0, 0.05) is 12.7 Å². The first-order valence-electron chi connectivity index (χ1n) is 5.37. The van der Waals surface area contributed by atoms with E-state index in [0.717, 1.165) is 0 Å². The fourth-order valence-corrected chi connectivity index (χ4v) is 2.31. The summed E-state index contributed by atoms with van der Waals surface area (Å²) in [6, 6.07) is 4.45. The molecule has 9 heteroatoms. The van der Waals surface area contributed by atoms with Crippen LogP contribution in [-0.2, 0) is 23.6 Å². The van der Waals surface area contributed by atoms with E-state index in [-0.39, 0.29) is 11.4 Å². The minimum absolute atomic E-state index is 0.0524. The minimum atomic E-state index is -3.84. The van der Waals surface area contributed by atoms with Gasteiger partial charge in [-0.2, -0.15) is 5.10 Å². The normalized spacial score (nSPS) is 11.5. The van der Waals surface area contributed by atoms with Gasteiger partial charge in [-0.25, -0.2) is 18.5 Å². The first-order chi connectivity index (χ1) is 8.86. The van der Waals surface area contributed by atoms with Crippen LogP contribution in [0.3, 0.4) is 0 Å². The monoisotopic (exact) mass is 282 g/mol. The molecule has 0 unspecified atom stereocenters. The van der Waals surface area contributed by atoms with Gasteiger partial charge in [0.15, 0.2) is 5.82 Å². The second-order valence-corrected chi connectivity index (χ2v) is 5.52. The number of hydrogen-bond donors (Lipinski definition) is 3. The summed E-state index contributed by atoms with van der Waals surface area (Å²) >= 11 is 0. The third-order valence-electron chi connectivity index (χ3n) is 2.40. The van der Waals surface area contributed by atoms with E-state index < -0.39 is 10.0 Å². The van der Waals surface area contributed by atoms with Crippen LogP contribution < -0.4 is 16.2 Å². The van der Waals surface area contributed by atoms with Crippen LogP contribution in [0.4, 0.5) is 11.4 Å². The first-order valence-corrected chi connectivity index (χ1v) is 6.91. The lowest BCUT2D eigenvalue weighted by atomic mass is 10.3. The van der Waals surface area contributed by atoms with Crippen LogP contribution in [0.1, 0.15) is 5.82 Å². The number of nitrogens with one attached hydrogen (secondary N) is 1. The largest absolute Gasteiger partial charge is 0.399 e. The molecule has 0 saturated heterocycles. The molecule has 0 spiro atoms. The number of nitrogens with zero attached hydrogens (tertiary/aromatic N) is 3. The highest BCUT2D eigenvalue weighted by molar-refractivity contribution is 7.89. The average molecular weight is 282 g/mol. The Balaban J connectivity index is 2.25. The average Bonchev–Trinajstić information content (AvgIpc) is 2.72. The molecular weight excluding hydrogens is 268 g/mol. The SMILES string of the molecule is Cn1cnc(CNc2ccc(N)cc2S(N)(=O)=O)n1. The number of benzene rings is 1. The summed E-state index contributed by atoms with van der Waals surface area (Å²) in [7, 11) is -2.10. The lowest BCUT2D eigenvalue weighted by molar-refractivity contribution is 0.598. The van der Waals surface area contributed by atoms with Gasteiger partial charge >= 0.3 is 0 Å². The third-order valence-corrected chi connectivity index (χ3v) is 3.35. The van der Waals surface area contributed by atoms with Gasteiger partial charge in [0.2, 0.25) is 10.0 Å². The van der Waals surface area contributed by atoms with Gasteiger partial charge in [-0.05, 0) is 18.2 Å². The zero-order valence-electron chi connectivity index (χ0n) is 10.2. The van der Waals surface area contributed by atoms with E-state index in [4.69, 9.17) is 10.9 Å². The number of hydrogen-bond acceptors (Lipinski definition) is 6. The van der Waals surface area contributed by atoms with E-state index in [2.05, 4.69) is 15.4 Å². The molecular formula is C10H14N6O2S. The Labute approximate surface area is 110 Å². The number of nitrogens with two attached hydrogens (primary N) is 2. The minimum Gasteiger partial charge on any atom is -0.399 e. The topological polar surface area (TPSA) is 129 Å². The zero-order chi connectivity index (χ0) is 14.0. The molecule has 5 N–H and O–H groups in total. The van der Waals surface area contributed by atoms with Gasteiger partial charge < -0.3 is 11.1 Å². The Kier molecular flexibility index (Phi) is 3.40. The highest BCUT2D eigenvalue weighted by Gasteiger charge is 2.14. The van der Waals surface area contributed by atoms with E-state index in [1.807, 2.05) is 0 Å². The molecule has 19 heavy (non-hydrogen) atoms. The van der Waals surface area contributed by atoms with Gasteiger partial charge in [-0.3, -0.25) is 4.68 Å². The zero-order valence-corrected chi connectivity index (χ0v) is 11.1. The summed E-state index contributed by atoms with van der Waals surface area (Å²) in [6.45, 7) is 0.285. The van der Waals surface area contributed by atoms with E-state index >= 15 is 0 Å². The van der Waals surface area contributed by atoms with E-state index in [0.29, 0.717) is 17.2 Å². The second-order valence-electron chi connectivity index (χ2n) is 3.99. The van der Waals surface area contributed by atoms with Crippen molar-refractivity contribution in [3.05, 3.63) is 30.4 Å². The predicted octanol–water partition coefficient (Wildman–Crippen LogP) is -0.343. The van der Waals surface area contributed by atoms with Crippen molar-refractivity contribution < 1.29 is 8.42 Å². The van der Waals surface area contributed by atoms with Crippen LogP contribution >= 0.6 is 0 Å². The molecule has 0 aliphatic carbocycles. The summed E-state index contributed by atoms with van der Waals surface area (Å²) < 4.78 is 24.5. The Morgan fingerprint density at radius 3 is 2.74 bits per heavy atom. The van der Waals surface area contributed by atoms with E-state index in [1.54, 1.807) is 30.2 Å². The van der Waals surface area contributed by atoms with Crippen LogP contribution in [0.25, 0.3) is 0 Å². The number of primary sulfonamides is 1. The lowest BCUT2D eigenvalue weighted by Crippen LogP contribution is -2.15. The molecule has 0 aliphatic rings. The van der Waals surface area contributed by atoms with Gasteiger partial charge in [-0.1, -0.05) is 0 Å². The standard InChI is InChI=1S/C10H14N6O2S/c1-16-6-14-10(15-16)5-13-8-3-2-7(11)4-9(8)19(12,17)18/h2-4,6,13H,5,11H2,1H3,(H2,12,17,18).